The number of anilines is 1. The van der Waals surface area contributed by atoms with Crippen LogP contribution in [0.2, 0.25) is 0 Å². The van der Waals surface area contributed by atoms with Crippen molar-refractivity contribution in [2.75, 3.05) is 12.4 Å². The molecule has 6 nitrogen and oxygen atoms in total. The minimum absolute atomic E-state index is 0.119. The number of halogens is 1. The van der Waals surface area contributed by atoms with Gasteiger partial charge in [0.25, 0.3) is 0 Å². The largest absolute Gasteiger partial charge is 0.494 e. The van der Waals surface area contributed by atoms with Gasteiger partial charge in [0.2, 0.25) is 5.91 Å². The molecule has 0 saturated heterocycles. The topological polar surface area (TPSA) is 96.9 Å². The van der Waals surface area contributed by atoms with E-state index < -0.39 is 17.1 Å². The maximum absolute atomic E-state index is 13.0. The number of amides is 1. The number of benzene rings is 1. The number of nitrogens with one attached hydrogen (secondary N) is 1. The fraction of sp³-hybridized carbons (Fsp3) is 0.333. The number of nitrogens with two attached hydrogens (primary N) is 1. The van der Waals surface area contributed by atoms with E-state index in [1.54, 1.807) is 0 Å². The van der Waals surface area contributed by atoms with Crippen molar-refractivity contribution < 1.29 is 19.1 Å². The third kappa shape index (κ3) is 2.31. The fourth-order valence-electron chi connectivity index (χ4n) is 1.83. The normalized spacial score (nSPS) is 16.8. The van der Waals surface area contributed by atoms with Gasteiger partial charge in [0.15, 0.2) is 5.84 Å². The van der Waals surface area contributed by atoms with Crippen LogP contribution >= 0.6 is 0 Å². The molecule has 1 aliphatic carbocycles. The number of hydrogen-bond acceptors (Lipinski definition) is 4. The Morgan fingerprint density at radius 2 is 2.26 bits per heavy atom. The maximum atomic E-state index is 13.0. The van der Waals surface area contributed by atoms with Gasteiger partial charge in [-0.2, -0.15) is 0 Å². The van der Waals surface area contributed by atoms with E-state index >= 15 is 0 Å². The van der Waals surface area contributed by atoms with Gasteiger partial charge >= 0.3 is 0 Å². The molecule has 7 heteroatoms. The summed E-state index contributed by atoms with van der Waals surface area (Å²) in [5, 5.41) is 14.2. The van der Waals surface area contributed by atoms with Crippen LogP contribution in [0.1, 0.15) is 12.8 Å². The second-order valence-electron chi connectivity index (χ2n) is 4.37. The number of carbonyl (C=O) groups excluding carboxylic acids is 1. The van der Waals surface area contributed by atoms with Crippen molar-refractivity contribution in [3.05, 3.63) is 24.0 Å². The molecule has 0 atom stereocenters. The number of nitrogens with zero attached hydrogens (tertiary/aromatic N) is 1. The minimum Gasteiger partial charge on any atom is -0.494 e. The van der Waals surface area contributed by atoms with Crippen molar-refractivity contribution in [3.8, 4) is 5.75 Å². The van der Waals surface area contributed by atoms with Crippen LogP contribution < -0.4 is 15.8 Å². The van der Waals surface area contributed by atoms with Gasteiger partial charge in [-0.05, 0) is 25.0 Å². The van der Waals surface area contributed by atoms with E-state index in [1.807, 2.05) is 0 Å². The monoisotopic (exact) mass is 267 g/mol. The molecule has 1 aromatic carbocycles. The summed E-state index contributed by atoms with van der Waals surface area (Å²) in [5.41, 5.74) is 4.89. The summed E-state index contributed by atoms with van der Waals surface area (Å²) in [4.78, 5) is 12.1. The molecule has 0 spiro atoms. The molecule has 4 N–H and O–H groups in total. The third-order valence-corrected chi connectivity index (χ3v) is 3.19. The predicted octanol–water partition coefficient (Wildman–Crippen LogP) is 1.30. The number of carbonyl (C=O) groups is 1. The van der Waals surface area contributed by atoms with Crippen molar-refractivity contribution in [1.29, 1.82) is 0 Å². The van der Waals surface area contributed by atoms with Gasteiger partial charge in [0.1, 0.15) is 17.0 Å². The van der Waals surface area contributed by atoms with E-state index in [2.05, 4.69) is 10.5 Å². The lowest BCUT2D eigenvalue weighted by molar-refractivity contribution is -0.119. The summed E-state index contributed by atoms with van der Waals surface area (Å²) < 4.78 is 18.0. The van der Waals surface area contributed by atoms with Crippen LogP contribution in [-0.2, 0) is 4.79 Å². The lowest BCUT2D eigenvalue weighted by Gasteiger charge is -2.15. The van der Waals surface area contributed by atoms with Crippen LogP contribution in [0.4, 0.5) is 10.1 Å². The summed E-state index contributed by atoms with van der Waals surface area (Å²) in [7, 11) is 1.38. The molecule has 1 fully saturated rings. The molecule has 102 valence electrons. The molecule has 1 aliphatic rings. The summed E-state index contributed by atoms with van der Waals surface area (Å²) in [5.74, 6) is -0.769. The molecule has 0 bridgehead atoms. The highest BCUT2D eigenvalue weighted by Crippen LogP contribution is 2.47. The first-order valence-corrected chi connectivity index (χ1v) is 5.66. The van der Waals surface area contributed by atoms with Gasteiger partial charge in [-0.1, -0.05) is 5.16 Å². The first kappa shape index (κ1) is 13.1. The second kappa shape index (κ2) is 4.75. The van der Waals surface area contributed by atoms with E-state index in [-0.39, 0.29) is 11.6 Å². The van der Waals surface area contributed by atoms with Crippen LogP contribution in [0.3, 0.4) is 0 Å². The molecular formula is C12H14FN3O3. The number of hydrogen-bond donors (Lipinski definition) is 3. The number of ether oxygens (including phenoxy) is 1. The van der Waals surface area contributed by atoms with E-state index in [1.165, 1.54) is 25.3 Å². The summed E-state index contributed by atoms with van der Waals surface area (Å²) in [6.45, 7) is 0. The lowest BCUT2D eigenvalue weighted by atomic mass is 10.1. The zero-order chi connectivity index (χ0) is 14.0. The van der Waals surface area contributed by atoms with E-state index in [0.717, 1.165) is 0 Å². The van der Waals surface area contributed by atoms with Crippen molar-refractivity contribution in [2.45, 2.75) is 12.8 Å². The summed E-state index contributed by atoms with van der Waals surface area (Å²) in [6.07, 6.45) is 1.02. The predicted molar refractivity (Wildman–Crippen MR) is 66.7 cm³/mol. The lowest BCUT2D eigenvalue weighted by Crippen LogP contribution is -2.36. The van der Waals surface area contributed by atoms with Crippen molar-refractivity contribution in [1.82, 2.24) is 0 Å². The maximum Gasteiger partial charge on any atom is 0.238 e. The Hall–Kier alpha value is -2.31. The van der Waals surface area contributed by atoms with Crippen LogP contribution in [0.15, 0.2) is 23.4 Å². The van der Waals surface area contributed by atoms with Crippen molar-refractivity contribution >= 4 is 17.4 Å². The van der Waals surface area contributed by atoms with Crippen molar-refractivity contribution in [3.63, 3.8) is 0 Å². The van der Waals surface area contributed by atoms with Crippen LogP contribution in [0, 0.1) is 11.2 Å². The highest BCUT2D eigenvalue weighted by molar-refractivity contribution is 6.14. The van der Waals surface area contributed by atoms with Gasteiger partial charge in [0, 0.05) is 6.07 Å². The Morgan fingerprint density at radius 1 is 1.58 bits per heavy atom. The number of rotatable bonds is 4. The molecule has 0 aliphatic heterocycles. The zero-order valence-electron chi connectivity index (χ0n) is 10.3. The molecule has 1 aromatic rings. The molecule has 0 unspecified atom stereocenters. The molecule has 2 rings (SSSR count). The number of amidine groups is 1. The Morgan fingerprint density at radius 3 is 2.79 bits per heavy atom. The van der Waals surface area contributed by atoms with E-state index in [9.17, 15) is 9.18 Å². The minimum atomic E-state index is -0.964. The van der Waals surface area contributed by atoms with Gasteiger partial charge in [-0.3, -0.25) is 4.79 Å². The fourth-order valence-corrected chi connectivity index (χ4v) is 1.83. The Labute approximate surface area is 109 Å². The summed E-state index contributed by atoms with van der Waals surface area (Å²) in [6, 6.07) is 3.77. The van der Waals surface area contributed by atoms with Crippen LogP contribution in [0.25, 0.3) is 0 Å². The Balaban J connectivity index is 2.21. The second-order valence-corrected chi connectivity index (χ2v) is 4.37. The van der Waals surface area contributed by atoms with E-state index in [4.69, 9.17) is 15.7 Å². The average molecular weight is 267 g/mol. The standard InChI is InChI=1S/C12H14FN3O3/c1-19-9-6-7(13)2-3-8(9)15-11(17)12(4-5-12)10(14)16-18/h2-3,6,18H,4-5H2,1H3,(H2,14,16)(H,15,17). The highest BCUT2D eigenvalue weighted by Gasteiger charge is 2.54. The number of oxime groups is 1. The molecule has 19 heavy (non-hydrogen) atoms. The highest BCUT2D eigenvalue weighted by atomic mass is 19.1. The Bertz CT molecular complexity index is 541. The SMILES string of the molecule is COc1cc(F)ccc1NC(=O)C1(/C(N)=N/O)CC1. The van der Waals surface area contributed by atoms with Crippen LogP contribution in [0.5, 0.6) is 5.75 Å². The Kier molecular flexibility index (Phi) is 3.28. The third-order valence-electron chi connectivity index (χ3n) is 3.19. The smallest absolute Gasteiger partial charge is 0.238 e. The molecular weight excluding hydrogens is 253 g/mol. The first-order chi connectivity index (χ1) is 9.03. The first-order valence-electron chi connectivity index (χ1n) is 5.66. The zero-order valence-corrected chi connectivity index (χ0v) is 10.3. The summed E-state index contributed by atoms with van der Waals surface area (Å²) >= 11 is 0. The molecule has 1 saturated carbocycles. The van der Waals surface area contributed by atoms with Crippen LogP contribution in [-0.4, -0.2) is 24.1 Å². The van der Waals surface area contributed by atoms with Gasteiger partial charge < -0.3 is 21.0 Å². The quantitative estimate of drug-likeness (QED) is 0.331. The van der Waals surface area contributed by atoms with Gasteiger partial charge in [-0.25, -0.2) is 4.39 Å². The van der Waals surface area contributed by atoms with Gasteiger partial charge in [0.05, 0.1) is 12.8 Å². The van der Waals surface area contributed by atoms with Crippen molar-refractivity contribution in [2.24, 2.45) is 16.3 Å². The molecule has 0 aromatic heterocycles. The van der Waals surface area contributed by atoms with E-state index in [0.29, 0.717) is 18.5 Å². The molecule has 0 heterocycles. The average Bonchev–Trinajstić information content (AvgIpc) is 3.21. The molecule has 1 amide bonds. The molecule has 0 radical (unpaired) electrons. The van der Waals surface area contributed by atoms with Gasteiger partial charge in [-0.15, -0.1) is 0 Å². The number of methoxy groups -OCH3 is 1.